The molecule has 2 aromatic heterocycles. The van der Waals surface area contributed by atoms with Gasteiger partial charge in [0.15, 0.2) is 17.3 Å². The van der Waals surface area contributed by atoms with Crippen LogP contribution in [0.3, 0.4) is 0 Å². The Morgan fingerprint density at radius 3 is 2.84 bits per heavy atom. The summed E-state index contributed by atoms with van der Waals surface area (Å²) in [6.45, 7) is 3.92. The number of para-hydroxylation sites is 1. The maximum Gasteiger partial charge on any atom is 0.282 e. The average Bonchev–Trinajstić information content (AvgIpc) is 3.35. The number of methoxy groups -OCH3 is 1. The van der Waals surface area contributed by atoms with Crippen molar-refractivity contribution < 1.29 is 13.9 Å². The second-order valence-corrected chi connectivity index (χ2v) is 8.74. The van der Waals surface area contributed by atoms with Crippen molar-refractivity contribution in [1.29, 1.82) is 0 Å². The first-order chi connectivity index (χ1) is 18.5. The van der Waals surface area contributed by atoms with Crippen molar-refractivity contribution in [3.63, 3.8) is 0 Å². The van der Waals surface area contributed by atoms with Gasteiger partial charge >= 0.3 is 0 Å². The number of nitrogens with zero attached hydrogens (tertiary/aromatic N) is 3. The summed E-state index contributed by atoms with van der Waals surface area (Å²) in [4.78, 5) is 18.3. The second-order valence-electron chi connectivity index (χ2n) is 8.30. The second kappa shape index (κ2) is 10.7. The molecule has 0 unspecified atom stereocenters. The molecule has 0 atom stereocenters. The highest BCUT2D eigenvalue weighted by atomic mass is 35.5. The van der Waals surface area contributed by atoms with Gasteiger partial charge in [-0.05, 0) is 60.5 Å². The zero-order valence-electron chi connectivity index (χ0n) is 20.5. The zero-order valence-corrected chi connectivity index (χ0v) is 21.2. The average molecular weight is 524 g/mol. The minimum absolute atomic E-state index is 0.0954. The van der Waals surface area contributed by atoms with E-state index in [2.05, 4.69) is 17.6 Å². The summed E-state index contributed by atoms with van der Waals surface area (Å²) in [5, 5.41) is 6.32. The fraction of sp³-hybridized carbons (Fsp3) is 0.100. The monoisotopic (exact) mass is 523 g/mol. The van der Waals surface area contributed by atoms with Crippen LogP contribution in [-0.4, -0.2) is 29.6 Å². The minimum atomic E-state index is -0.340. The number of benzene rings is 3. The summed E-state index contributed by atoms with van der Waals surface area (Å²) in [6.07, 6.45) is 9.20. The number of halogens is 1. The van der Waals surface area contributed by atoms with Crippen molar-refractivity contribution >= 4 is 39.7 Å². The zero-order chi connectivity index (χ0) is 26.6. The summed E-state index contributed by atoms with van der Waals surface area (Å²) in [7, 11) is 1.54. The molecule has 0 amide bonds. The molecule has 0 bridgehead atoms. The van der Waals surface area contributed by atoms with Gasteiger partial charge in [0.2, 0.25) is 5.82 Å². The van der Waals surface area contributed by atoms with Crippen LogP contribution in [0.1, 0.15) is 11.1 Å². The molecule has 0 radical (unpaired) electrons. The molecule has 188 valence electrons. The maximum absolute atomic E-state index is 13.5. The molecule has 5 aromatic rings. The van der Waals surface area contributed by atoms with Gasteiger partial charge < -0.3 is 13.9 Å². The number of furan rings is 1. The van der Waals surface area contributed by atoms with E-state index in [1.54, 1.807) is 67.9 Å². The van der Waals surface area contributed by atoms with Crippen LogP contribution in [0.15, 0.2) is 87.6 Å². The lowest BCUT2D eigenvalue weighted by Gasteiger charge is -2.14. The third kappa shape index (κ3) is 4.77. The Balaban J connectivity index is 1.67. The van der Waals surface area contributed by atoms with E-state index >= 15 is 0 Å². The Morgan fingerprint density at radius 2 is 2.05 bits per heavy atom. The highest BCUT2D eigenvalue weighted by Crippen LogP contribution is 2.33. The van der Waals surface area contributed by atoms with Crippen molar-refractivity contribution in [3.05, 3.63) is 99.8 Å². The van der Waals surface area contributed by atoms with Crippen molar-refractivity contribution in [1.82, 2.24) is 9.66 Å². The quantitative estimate of drug-likeness (QED) is 0.140. The molecule has 3 aromatic carbocycles. The fourth-order valence-electron chi connectivity index (χ4n) is 4.13. The number of terminal acetylenes is 1. The standard InChI is InChI=1S/C30H22ClN3O4/c1-4-8-20-14-19(15-26(36-3)28(20)37-13-5-2)18-32-34-29(33-24-10-7-6-9-23(24)30(34)35)27-17-21-16-22(31)11-12-25(21)38-27/h2,4,6-7,9-12,14-18H,1,8,13H2,3H3. The van der Waals surface area contributed by atoms with Crippen molar-refractivity contribution in [2.45, 2.75) is 6.42 Å². The Hall–Kier alpha value is -4.80. The van der Waals surface area contributed by atoms with E-state index < -0.39 is 0 Å². The molecule has 7 nitrogen and oxygen atoms in total. The van der Waals surface area contributed by atoms with E-state index in [4.69, 9.17) is 36.9 Å². The van der Waals surface area contributed by atoms with E-state index in [9.17, 15) is 4.79 Å². The molecule has 0 spiro atoms. The number of hydrogen-bond acceptors (Lipinski definition) is 6. The number of ether oxygens (including phenoxy) is 2. The summed E-state index contributed by atoms with van der Waals surface area (Å²) in [5.41, 5.74) is 2.29. The topological polar surface area (TPSA) is 78.9 Å². The van der Waals surface area contributed by atoms with Crippen LogP contribution in [0, 0.1) is 12.3 Å². The van der Waals surface area contributed by atoms with Crippen molar-refractivity contribution in [3.8, 4) is 35.4 Å². The number of hydrogen-bond donors (Lipinski definition) is 0. The Labute approximate surface area is 223 Å². The van der Waals surface area contributed by atoms with Crippen LogP contribution >= 0.6 is 11.6 Å². The largest absolute Gasteiger partial charge is 0.493 e. The van der Waals surface area contributed by atoms with E-state index in [1.807, 2.05) is 12.1 Å². The molecule has 2 heterocycles. The molecular weight excluding hydrogens is 502 g/mol. The lowest BCUT2D eigenvalue weighted by atomic mass is 10.1. The van der Waals surface area contributed by atoms with E-state index in [1.165, 1.54) is 4.68 Å². The number of rotatable bonds is 8. The summed E-state index contributed by atoms with van der Waals surface area (Å²) < 4.78 is 18.5. The molecule has 0 aliphatic carbocycles. The van der Waals surface area contributed by atoms with Gasteiger partial charge in [0, 0.05) is 16.0 Å². The highest BCUT2D eigenvalue weighted by molar-refractivity contribution is 6.31. The Bertz CT molecular complexity index is 1810. The molecular formula is C30H22ClN3O4. The van der Waals surface area contributed by atoms with Crippen LogP contribution in [-0.2, 0) is 6.42 Å². The van der Waals surface area contributed by atoms with Gasteiger partial charge in [-0.15, -0.1) is 13.0 Å². The van der Waals surface area contributed by atoms with Crippen LogP contribution in [0.2, 0.25) is 5.02 Å². The van der Waals surface area contributed by atoms with Gasteiger partial charge in [0.25, 0.3) is 5.56 Å². The minimum Gasteiger partial charge on any atom is -0.493 e. The highest BCUT2D eigenvalue weighted by Gasteiger charge is 2.17. The van der Waals surface area contributed by atoms with Gasteiger partial charge in [0.05, 0.1) is 24.2 Å². The van der Waals surface area contributed by atoms with Gasteiger partial charge in [-0.2, -0.15) is 9.78 Å². The Morgan fingerprint density at radius 1 is 1.21 bits per heavy atom. The first kappa shape index (κ1) is 24.9. The SMILES string of the molecule is C#CCOc1c(CC=C)cc(C=Nn2c(-c3cc4cc(Cl)ccc4o3)nc3ccccc3c2=O)cc1OC. The van der Waals surface area contributed by atoms with Crippen molar-refractivity contribution in [2.24, 2.45) is 5.10 Å². The van der Waals surface area contributed by atoms with Crippen molar-refractivity contribution in [2.75, 3.05) is 13.7 Å². The van der Waals surface area contributed by atoms with Crippen LogP contribution in [0.5, 0.6) is 11.5 Å². The van der Waals surface area contributed by atoms with E-state index in [-0.39, 0.29) is 18.0 Å². The molecule has 0 saturated carbocycles. The molecule has 0 saturated heterocycles. The smallest absolute Gasteiger partial charge is 0.282 e. The summed E-state index contributed by atoms with van der Waals surface area (Å²) >= 11 is 6.15. The number of allylic oxidation sites excluding steroid dienone is 1. The first-order valence-corrected chi connectivity index (χ1v) is 12.0. The van der Waals surface area contributed by atoms with Crippen LogP contribution < -0.4 is 15.0 Å². The normalized spacial score (nSPS) is 11.2. The predicted octanol–water partition coefficient (Wildman–Crippen LogP) is 6.09. The molecule has 8 heteroatoms. The third-order valence-corrected chi connectivity index (χ3v) is 6.05. The van der Waals surface area contributed by atoms with E-state index in [0.717, 1.165) is 10.9 Å². The van der Waals surface area contributed by atoms with E-state index in [0.29, 0.717) is 50.8 Å². The summed E-state index contributed by atoms with van der Waals surface area (Å²) in [6, 6.07) is 17.8. The Kier molecular flexibility index (Phi) is 6.98. The molecule has 0 fully saturated rings. The van der Waals surface area contributed by atoms with Gasteiger partial charge in [-0.25, -0.2) is 4.98 Å². The fourth-order valence-corrected chi connectivity index (χ4v) is 4.31. The summed E-state index contributed by atoms with van der Waals surface area (Å²) in [5.74, 6) is 4.12. The van der Waals surface area contributed by atoms with Gasteiger partial charge in [-0.1, -0.05) is 35.7 Å². The lowest BCUT2D eigenvalue weighted by Crippen LogP contribution is -2.20. The molecule has 0 aliphatic heterocycles. The molecule has 38 heavy (non-hydrogen) atoms. The number of fused-ring (bicyclic) bond motifs is 2. The lowest BCUT2D eigenvalue weighted by molar-refractivity contribution is 0.328. The molecule has 5 rings (SSSR count). The first-order valence-electron chi connectivity index (χ1n) is 11.7. The van der Waals surface area contributed by atoms with Gasteiger partial charge in [-0.3, -0.25) is 4.79 Å². The number of aromatic nitrogens is 2. The molecule has 0 N–H and O–H groups in total. The van der Waals surface area contributed by atoms with Gasteiger partial charge in [0.1, 0.15) is 12.2 Å². The third-order valence-electron chi connectivity index (χ3n) is 5.81. The maximum atomic E-state index is 13.5. The molecule has 0 aliphatic rings. The van der Waals surface area contributed by atoms with Crippen LogP contribution in [0.25, 0.3) is 33.5 Å². The predicted molar refractivity (Wildman–Crippen MR) is 150 cm³/mol. The van der Waals surface area contributed by atoms with Crippen LogP contribution in [0.4, 0.5) is 0 Å².